The zero-order valence-corrected chi connectivity index (χ0v) is 17.6. The average Bonchev–Trinajstić information content (AvgIpc) is 3.12. The maximum Gasteiger partial charge on any atom is 0.341 e. The molecule has 0 saturated carbocycles. The Kier molecular flexibility index (Phi) is 4.57. The van der Waals surface area contributed by atoms with E-state index in [9.17, 15) is 4.79 Å². The lowest BCUT2D eigenvalue weighted by Gasteiger charge is -2.37. The number of ether oxygens (including phenoxy) is 1. The van der Waals surface area contributed by atoms with Crippen LogP contribution in [0.15, 0.2) is 42.6 Å². The van der Waals surface area contributed by atoms with Gasteiger partial charge in [0.15, 0.2) is 5.65 Å². The molecule has 3 aromatic heterocycles. The van der Waals surface area contributed by atoms with Crippen LogP contribution in [-0.2, 0) is 4.74 Å². The van der Waals surface area contributed by atoms with E-state index >= 15 is 0 Å². The van der Waals surface area contributed by atoms with Gasteiger partial charge < -0.3 is 9.64 Å². The molecule has 1 aliphatic heterocycles. The minimum Gasteiger partial charge on any atom is -0.462 e. The Labute approximate surface area is 175 Å². The number of hydrogen-bond donors (Lipinski definition) is 0. The Morgan fingerprint density at radius 3 is 2.67 bits per heavy atom. The number of para-hydroxylation sites is 2. The summed E-state index contributed by atoms with van der Waals surface area (Å²) in [7, 11) is 0. The SMILES string of the molecule is CCOC(=O)c1cc2c(N3C[C@H](C)C[C@H](C)C3)ccnc2n2c1nc1ccccc12. The number of fused-ring (bicyclic) bond motifs is 5. The summed E-state index contributed by atoms with van der Waals surface area (Å²) in [6, 6.07) is 11.9. The second-order valence-corrected chi connectivity index (χ2v) is 8.46. The smallest absolute Gasteiger partial charge is 0.341 e. The lowest BCUT2D eigenvalue weighted by atomic mass is 9.91. The third kappa shape index (κ3) is 2.98. The van der Waals surface area contributed by atoms with Crippen LogP contribution in [-0.4, -0.2) is 40.0 Å². The van der Waals surface area contributed by atoms with Gasteiger partial charge in [-0.1, -0.05) is 26.0 Å². The van der Waals surface area contributed by atoms with Crippen LogP contribution in [0.1, 0.15) is 37.6 Å². The van der Waals surface area contributed by atoms with E-state index in [-0.39, 0.29) is 5.97 Å². The fourth-order valence-corrected chi connectivity index (χ4v) is 4.89. The standard InChI is InChI=1S/C24H26N4O2/c1-4-30-24(29)18-12-17-20(27-13-15(2)11-16(3)14-27)9-10-25-22(17)28-21-8-6-5-7-19(21)26-23(18)28/h5-10,12,15-16H,4,11,13-14H2,1-3H3/t15-,16+. The van der Waals surface area contributed by atoms with Gasteiger partial charge in [0, 0.05) is 30.4 Å². The first-order chi connectivity index (χ1) is 14.6. The predicted molar refractivity (Wildman–Crippen MR) is 119 cm³/mol. The molecule has 0 radical (unpaired) electrons. The van der Waals surface area contributed by atoms with Crippen molar-refractivity contribution in [2.24, 2.45) is 11.8 Å². The van der Waals surface area contributed by atoms with Gasteiger partial charge in [-0.15, -0.1) is 0 Å². The number of aromatic nitrogens is 3. The molecular weight excluding hydrogens is 376 g/mol. The van der Waals surface area contributed by atoms with Crippen molar-refractivity contribution in [3.63, 3.8) is 0 Å². The van der Waals surface area contributed by atoms with E-state index in [1.54, 1.807) is 0 Å². The van der Waals surface area contributed by atoms with Gasteiger partial charge in [0.1, 0.15) is 11.2 Å². The summed E-state index contributed by atoms with van der Waals surface area (Å²) < 4.78 is 7.37. The topological polar surface area (TPSA) is 59.7 Å². The second kappa shape index (κ2) is 7.27. The van der Waals surface area contributed by atoms with E-state index in [1.165, 1.54) is 6.42 Å². The molecule has 5 rings (SSSR count). The highest BCUT2D eigenvalue weighted by molar-refractivity contribution is 6.05. The molecule has 1 aromatic carbocycles. The van der Waals surface area contributed by atoms with Crippen molar-refractivity contribution in [3.8, 4) is 0 Å². The van der Waals surface area contributed by atoms with Crippen LogP contribution in [0, 0.1) is 11.8 Å². The molecule has 30 heavy (non-hydrogen) atoms. The van der Waals surface area contributed by atoms with Crippen molar-refractivity contribution >= 4 is 39.4 Å². The quantitative estimate of drug-likeness (QED) is 0.465. The van der Waals surface area contributed by atoms with Crippen molar-refractivity contribution in [3.05, 3.63) is 48.2 Å². The van der Waals surface area contributed by atoms with E-state index in [0.717, 1.165) is 40.8 Å². The highest BCUT2D eigenvalue weighted by Gasteiger charge is 2.26. The summed E-state index contributed by atoms with van der Waals surface area (Å²) >= 11 is 0. The number of carbonyl (C=O) groups is 1. The Balaban J connectivity index is 1.83. The van der Waals surface area contributed by atoms with Crippen LogP contribution in [0.3, 0.4) is 0 Å². The predicted octanol–water partition coefficient (Wildman–Crippen LogP) is 4.69. The van der Waals surface area contributed by atoms with Crippen LogP contribution in [0.2, 0.25) is 0 Å². The monoisotopic (exact) mass is 402 g/mol. The molecule has 0 N–H and O–H groups in total. The normalized spacial score (nSPS) is 19.6. The molecule has 0 amide bonds. The Morgan fingerprint density at radius 2 is 1.90 bits per heavy atom. The third-order valence-corrected chi connectivity index (χ3v) is 5.95. The fraction of sp³-hybridized carbons (Fsp3) is 0.375. The maximum atomic E-state index is 12.9. The number of piperidine rings is 1. The summed E-state index contributed by atoms with van der Waals surface area (Å²) in [5.74, 6) is 0.897. The van der Waals surface area contributed by atoms with Crippen molar-refractivity contribution in [2.75, 3.05) is 24.6 Å². The first-order valence-electron chi connectivity index (χ1n) is 10.7. The second-order valence-electron chi connectivity index (χ2n) is 8.46. The lowest BCUT2D eigenvalue weighted by Crippen LogP contribution is -2.38. The van der Waals surface area contributed by atoms with Gasteiger partial charge >= 0.3 is 5.97 Å². The van der Waals surface area contributed by atoms with Crippen LogP contribution in [0.25, 0.3) is 27.7 Å². The largest absolute Gasteiger partial charge is 0.462 e. The van der Waals surface area contributed by atoms with Gasteiger partial charge in [-0.3, -0.25) is 4.40 Å². The van der Waals surface area contributed by atoms with Crippen molar-refractivity contribution in [1.29, 1.82) is 0 Å². The molecule has 4 aromatic rings. The number of imidazole rings is 1. The van der Waals surface area contributed by atoms with Gasteiger partial charge in [-0.2, -0.15) is 0 Å². The van der Waals surface area contributed by atoms with E-state index < -0.39 is 0 Å². The van der Waals surface area contributed by atoms with E-state index in [2.05, 4.69) is 24.8 Å². The lowest BCUT2D eigenvalue weighted by molar-refractivity contribution is 0.0528. The van der Waals surface area contributed by atoms with Crippen LogP contribution in [0.5, 0.6) is 0 Å². The number of pyridine rings is 2. The molecular formula is C24H26N4O2. The molecule has 0 bridgehead atoms. The zero-order valence-electron chi connectivity index (χ0n) is 17.6. The number of hydrogen-bond acceptors (Lipinski definition) is 5. The summed E-state index contributed by atoms with van der Waals surface area (Å²) in [5.41, 5.74) is 4.77. The summed E-state index contributed by atoms with van der Waals surface area (Å²) in [4.78, 5) is 24.8. The number of nitrogens with zero attached hydrogens (tertiary/aromatic N) is 4. The molecule has 6 nitrogen and oxygen atoms in total. The molecule has 6 heteroatoms. The van der Waals surface area contributed by atoms with Crippen molar-refractivity contribution in [2.45, 2.75) is 27.2 Å². The zero-order chi connectivity index (χ0) is 20.8. The molecule has 1 saturated heterocycles. The maximum absolute atomic E-state index is 12.9. The number of esters is 1. The van der Waals surface area contributed by atoms with E-state index in [1.807, 2.05) is 47.9 Å². The Hall–Kier alpha value is -3.15. The first-order valence-corrected chi connectivity index (χ1v) is 10.7. The van der Waals surface area contributed by atoms with Crippen LogP contribution >= 0.6 is 0 Å². The molecule has 0 spiro atoms. The molecule has 1 fully saturated rings. The van der Waals surface area contributed by atoms with Crippen molar-refractivity contribution < 1.29 is 9.53 Å². The number of carbonyl (C=O) groups excluding carboxylic acids is 1. The van der Waals surface area contributed by atoms with Crippen molar-refractivity contribution in [1.82, 2.24) is 14.4 Å². The first kappa shape index (κ1) is 18.9. The highest BCUT2D eigenvalue weighted by atomic mass is 16.5. The average molecular weight is 402 g/mol. The molecule has 154 valence electrons. The molecule has 0 unspecified atom stereocenters. The van der Waals surface area contributed by atoms with Crippen LogP contribution < -0.4 is 4.90 Å². The highest BCUT2D eigenvalue weighted by Crippen LogP contribution is 2.34. The minimum atomic E-state index is -0.352. The number of benzene rings is 1. The minimum absolute atomic E-state index is 0.324. The van der Waals surface area contributed by atoms with E-state index in [0.29, 0.717) is 29.7 Å². The number of rotatable bonds is 3. The number of anilines is 1. The van der Waals surface area contributed by atoms with Gasteiger partial charge in [0.2, 0.25) is 0 Å². The molecule has 1 aliphatic rings. The molecule has 4 heterocycles. The van der Waals surface area contributed by atoms with Gasteiger partial charge in [-0.25, -0.2) is 14.8 Å². The molecule has 0 aliphatic carbocycles. The molecule has 2 atom stereocenters. The third-order valence-electron chi connectivity index (χ3n) is 5.95. The summed E-state index contributed by atoms with van der Waals surface area (Å²) in [6.07, 6.45) is 3.10. The summed E-state index contributed by atoms with van der Waals surface area (Å²) in [6.45, 7) is 8.75. The Bertz CT molecular complexity index is 1250. The fourth-order valence-electron chi connectivity index (χ4n) is 4.89. The summed E-state index contributed by atoms with van der Waals surface area (Å²) in [5, 5.41) is 0.956. The van der Waals surface area contributed by atoms with Gasteiger partial charge in [-0.05, 0) is 49.4 Å². The van der Waals surface area contributed by atoms with E-state index in [4.69, 9.17) is 14.7 Å². The van der Waals surface area contributed by atoms with Crippen LogP contribution in [0.4, 0.5) is 5.69 Å². The van der Waals surface area contributed by atoms with Gasteiger partial charge in [0.25, 0.3) is 0 Å². The Morgan fingerprint density at radius 1 is 1.13 bits per heavy atom. The van der Waals surface area contributed by atoms with Gasteiger partial charge in [0.05, 0.1) is 17.6 Å².